The molecule has 0 bridgehead atoms. The molecule has 22 heavy (non-hydrogen) atoms. The molecule has 0 radical (unpaired) electrons. The largest absolute Gasteiger partial charge is 0.361 e. The number of aromatic nitrogens is 1. The van der Waals surface area contributed by atoms with Crippen molar-refractivity contribution < 1.29 is 17.7 Å². The van der Waals surface area contributed by atoms with E-state index < -0.39 is 10.0 Å². The van der Waals surface area contributed by atoms with Crippen LogP contribution in [0.4, 0.5) is 0 Å². The highest BCUT2D eigenvalue weighted by Crippen LogP contribution is 2.48. The Bertz CT molecular complexity index is 684. The van der Waals surface area contributed by atoms with Gasteiger partial charge in [0.15, 0.2) is 0 Å². The zero-order chi connectivity index (χ0) is 16.1. The summed E-state index contributed by atoms with van der Waals surface area (Å²) in [5.41, 5.74) is 1.24. The average Bonchev–Trinajstić information content (AvgIpc) is 2.91. The van der Waals surface area contributed by atoms with E-state index in [4.69, 9.17) is 4.52 Å². The second-order valence-corrected chi connectivity index (χ2v) is 8.45. The number of sulfonamides is 1. The third kappa shape index (κ3) is 2.77. The van der Waals surface area contributed by atoms with Crippen LogP contribution in [0.3, 0.4) is 0 Å². The summed E-state index contributed by atoms with van der Waals surface area (Å²) in [6.07, 6.45) is 3.70. The molecule has 8 heteroatoms. The van der Waals surface area contributed by atoms with Crippen LogP contribution in [0.5, 0.6) is 0 Å². The maximum atomic E-state index is 12.6. The number of aryl methyl sites for hydroxylation is 2. The molecule has 0 unspecified atom stereocenters. The van der Waals surface area contributed by atoms with Gasteiger partial charge < -0.3 is 9.42 Å². The zero-order valence-corrected chi connectivity index (χ0v) is 13.9. The van der Waals surface area contributed by atoms with Crippen molar-refractivity contribution in [2.45, 2.75) is 39.2 Å². The highest BCUT2D eigenvalue weighted by Gasteiger charge is 2.50. The van der Waals surface area contributed by atoms with Gasteiger partial charge in [0, 0.05) is 19.1 Å². The molecule has 2 heterocycles. The van der Waals surface area contributed by atoms with Crippen molar-refractivity contribution in [3.8, 4) is 0 Å². The predicted octanol–water partition coefficient (Wildman–Crippen LogP) is 0.835. The lowest BCUT2D eigenvalue weighted by Gasteiger charge is -2.45. The van der Waals surface area contributed by atoms with Crippen LogP contribution in [0.15, 0.2) is 4.52 Å². The van der Waals surface area contributed by atoms with E-state index in [1.807, 2.05) is 4.90 Å². The Kier molecular flexibility index (Phi) is 3.56. The molecule has 1 aromatic heterocycles. The van der Waals surface area contributed by atoms with Gasteiger partial charge in [0.25, 0.3) is 5.91 Å². The smallest absolute Gasteiger partial charge is 0.259 e. The first-order chi connectivity index (χ1) is 10.2. The molecule has 1 spiro atoms. The summed E-state index contributed by atoms with van der Waals surface area (Å²) < 4.78 is 30.2. The van der Waals surface area contributed by atoms with Crippen molar-refractivity contribution in [2.75, 3.05) is 19.3 Å². The average molecular weight is 327 g/mol. The number of hydrogen-bond donors (Lipinski definition) is 1. The van der Waals surface area contributed by atoms with Gasteiger partial charge in [-0.3, -0.25) is 4.79 Å². The fourth-order valence-corrected chi connectivity index (χ4v) is 4.53. The number of carbonyl (C=O) groups is 1. The summed E-state index contributed by atoms with van der Waals surface area (Å²) in [4.78, 5) is 14.4. The Morgan fingerprint density at radius 2 is 2.09 bits per heavy atom. The first kappa shape index (κ1) is 15.5. The monoisotopic (exact) mass is 327 g/mol. The van der Waals surface area contributed by atoms with Crippen LogP contribution in [-0.2, 0) is 10.0 Å². The third-order valence-corrected chi connectivity index (χ3v) is 5.47. The Balaban J connectivity index is 1.63. The summed E-state index contributed by atoms with van der Waals surface area (Å²) >= 11 is 0. The summed E-state index contributed by atoms with van der Waals surface area (Å²) in [5, 5.41) is 3.83. The summed E-state index contributed by atoms with van der Waals surface area (Å²) in [7, 11) is -3.16. The van der Waals surface area contributed by atoms with Crippen molar-refractivity contribution >= 4 is 15.9 Å². The number of nitrogens with one attached hydrogen (secondary N) is 1. The Morgan fingerprint density at radius 3 is 2.64 bits per heavy atom. The Morgan fingerprint density at radius 1 is 1.41 bits per heavy atom. The van der Waals surface area contributed by atoms with E-state index in [1.54, 1.807) is 13.8 Å². The van der Waals surface area contributed by atoms with Crippen molar-refractivity contribution in [3.63, 3.8) is 0 Å². The van der Waals surface area contributed by atoms with Crippen molar-refractivity contribution in [1.29, 1.82) is 0 Å². The molecule has 1 saturated carbocycles. The minimum Gasteiger partial charge on any atom is -0.361 e. The molecule has 122 valence electrons. The normalized spacial score (nSPS) is 28.1. The minimum atomic E-state index is -3.16. The van der Waals surface area contributed by atoms with E-state index in [2.05, 4.69) is 9.88 Å². The van der Waals surface area contributed by atoms with Crippen LogP contribution in [0.25, 0.3) is 0 Å². The fourth-order valence-electron chi connectivity index (χ4n) is 3.76. The van der Waals surface area contributed by atoms with Gasteiger partial charge in [0.05, 0.1) is 11.9 Å². The molecular weight excluding hydrogens is 306 g/mol. The topological polar surface area (TPSA) is 92.5 Å². The van der Waals surface area contributed by atoms with Gasteiger partial charge in [-0.1, -0.05) is 5.16 Å². The van der Waals surface area contributed by atoms with Gasteiger partial charge in [-0.2, -0.15) is 0 Å². The van der Waals surface area contributed by atoms with Gasteiger partial charge in [-0.05, 0) is 38.5 Å². The molecule has 3 rings (SSSR count). The third-order valence-electron chi connectivity index (χ3n) is 4.71. The Labute approximate surface area is 130 Å². The molecule has 2 fully saturated rings. The lowest BCUT2D eigenvalue weighted by molar-refractivity contribution is 0.0686. The van der Waals surface area contributed by atoms with Gasteiger partial charge in [-0.15, -0.1) is 0 Å². The van der Waals surface area contributed by atoms with Crippen molar-refractivity contribution in [2.24, 2.45) is 5.41 Å². The van der Waals surface area contributed by atoms with Crippen molar-refractivity contribution in [1.82, 2.24) is 14.8 Å². The van der Waals surface area contributed by atoms with E-state index in [0.29, 0.717) is 30.1 Å². The van der Waals surface area contributed by atoms with E-state index in [1.165, 1.54) is 6.26 Å². The molecule has 1 saturated heterocycles. The molecule has 0 atom stereocenters. The predicted molar refractivity (Wildman–Crippen MR) is 79.9 cm³/mol. The molecule has 7 nitrogen and oxygen atoms in total. The zero-order valence-electron chi connectivity index (χ0n) is 13.0. The van der Waals surface area contributed by atoms with Gasteiger partial charge in [0.2, 0.25) is 10.0 Å². The SMILES string of the molecule is Cc1noc(C)c1C(=O)N1CCC2(CC(NS(C)(=O)=O)C2)C1. The van der Waals surface area contributed by atoms with Crippen LogP contribution in [0.2, 0.25) is 0 Å². The van der Waals surface area contributed by atoms with Crippen LogP contribution in [0.1, 0.15) is 41.1 Å². The molecule has 1 aliphatic heterocycles. The lowest BCUT2D eigenvalue weighted by Crippen LogP contribution is -2.51. The van der Waals surface area contributed by atoms with Crippen LogP contribution in [0, 0.1) is 19.3 Å². The molecule has 2 aliphatic rings. The standard InChI is InChI=1S/C14H21N3O4S/c1-9-12(10(2)21-15-9)13(18)17-5-4-14(8-17)6-11(7-14)16-22(3,19)20/h11,16H,4-8H2,1-3H3. The van der Waals surface area contributed by atoms with Gasteiger partial charge >= 0.3 is 0 Å². The van der Waals surface area contributed by atoms with E-state index in [-0.39, 0.29) is 17.4 Å². The quantitative estimate of drug-likeness (QED) is 0.888. The van der Waals surface area contributed by atoms with Crippen LogP contribution in [-0.4, -0.2) is 49.8 Å². The summed E-state index contributed by atoms with van der Waals surface area (Å²) in [6, 6.07) is 0.00381. The fraction of sp³-hybridized carbons (Fsp3) is 0.714. The van der Waals surface area contributed by atoms with Crippen LogP contribution >= 0.6 is 0 Å². The number of likely N-dealkylation sites (tertiary alicyclic amines) is 1. The van der Waals surface area contributed by atoms with E-state index in [0.717, 1.165) is 19.3 Å². The van der Waals surface area contributed by atoms with Gasteiger partial charge in [0.1, 0.15) is 11.3 Å². The van der Waals surface area contributed by atoms with E-state index >= 15 is 0 Å². The molecule has 1 N–H and O–H groups in total. The Hall–Kier alpha value is -1.41. The second-order valence-electron chi connectivity index (χ2n) is 6.67. The maximum absolute atomic E-state index is 12.6. The number of amides is 1. The molecule has 0 aromatic carbocycles. The first-order valence-corrected chi connectivity index (χ1v) is 9.28. The summed E-state index contributed by atoms with van der Waals surface area (Å²) in [6.45, 7) is 4.89. The minimum absolute atomic E-state index is 0.00381. The molecule has 1 aliphatic carbocycles. The van der Waals surface area contributed by atoms with Gasteiger partial charge in [-0.25, -0.2) is 13.1 Å². The molecule has 1 amide bonds. The van der Waals surface area contributed by atoms with E-state index in [9.17, 15) is 13.2 Å². The first-order valence-electron chi connectivity index (χ1n) is 7.39. The summed E-state index contributed by atoms with van der Waals surface area (Å²) in [5.74, 6) is 0.515. The molecule has 1 aromatic rings. The highest BCUT2D eigenvalue weighted by atomic mass is 32.2. The number of hydrogen-bond acceptors (Lipinski definition) is 5. The van der Waals surface area contributed by atoms with Crippen molar-refractivity contribution in [3.05, 3.63) is 17.0 Å². The number of nitrogens with zero attached hydrogens (tertiary/aromatic N) is 2. The highest BCUT2D eigenvalue weighted by molar-refractivity contribution is 7.88. The maximum Gasteiger partial charge on any atom is 0.259 e. The lowest BCUT2D eigenvalue weighted by atomic mass is 9.65. The molecular formula is C14H21N3O4S. The number of rotatable bonds is 3. The second kappa shape index (κ2) is 5.06. The van der Waals surface area contributed by atoms with Crippen LogP contribution < -0.4 is 4.72 Å². The number of carbonyl (C=O) groups excluding carboxylic acids is 1.